The lowest BCUT2D eigenvalue weighted by atomic mass is 10.1. The van der Waals surface area contributed by atoms with Crippen molar-refractivity contribution in [3.8, 4) is 0 Å². The lowest BCUT2D eigenvalue weighted by Crippen LogP contribution is -3.20. The van der Waals surface area contributed by atoms with Gasteiger partial charge in [-0.3, -0.25) is 4.79 Å². The van der Waals surface area contributed by atoms with Crippen molar-refractivity contribution in [2.45, 2.75) is 61.8 Å². The number of alkyl halides is 3. The molecule has 0 bridgehead atoms. The molecule has 1 aliphatic heterocycles. The number of nitrogens with one attached hydrogen (secondary N) is 2. The van der Waals surface area contributed by atoms with Crippen molar-refractivity contribution in [3.05, 3.63) is 0 Å². The minimum Gasteiger partial charge on any atom is -0.312 e. The number of quaternary nitrogens is 1. The van der Waals surface area contributed by atoms with Gasteiger partial charge in [0.15, 0.2) is 0 Å². The van der Waals surface area contributed by atoms with Crippen molar-refractivity contribution in [2.24, 2.45) is 0 Å². The van der Waals surface area contributed by atoms with Crippen molar-refractivity contribution in [3.63, 3.8) is 0 Å². The van der Waals surface area contributed by atoms with Gasteiger partial charge in [-0.25, -0.2) is 0 Å². The molecule has 0 spiro atoms. The molecular formula is C13H24Cl3N2O+. The van der Waals surface area contributed by atoms with Crippen LogP contribution in [0.4, 0.5) is 0 Å². The van der Waals surface area contributed by atoms with Crippen molar-refractivity contribution in [1.29, 1.82) is 0 Å². The van der Waals surface area contributed by atoms with Crippen LogP contribution < -0.4 is 10.2 Å². The van der Waals surface area contributed by atoms with Gasteiger partial charge >= 0.3 is 0 Å². The Kier molecular flexibility index (Phi) is 7.81. The number of carbonyl (C=O) groups is 1. The highest BCUT2D eigenvalue weighted by atomic mass is 35.6. The molecule has 1 atom stereocenters. The van der Waals surface area contributed by atoms with E-state index in [9.17, 15) is 4.79 Å². The van der Waals surface area contributed by atoms with Gasteiger partial charge in [0, 0.05) is 6.42 Å². The Labute approximate surface area is 130 Å². The van der Waals surface area contributed by atoms with Crippen LogP contribution in [0.2, 0.25) is 0 Å². The molecule has 112 valence electrons. The average molecular weight is 331 g/mol. The molecule has 0 aliphatic carbocycles. The SMILES string of the molecule is CCCCCC(=O)N[C@@H]([NH+]1CCCCC1)C(Cl)(Cl)Cl. The Morgan fingerprint density at radius 1 is 1.21 bits per heavy atom. The van der Waals surface area contributed by atoms with Gasteiger partial charge in [-0.15, -0.1) is 0 Å². The molecule has 1 amide bonds. The van der Waals surface area contributed by atoms with E-state index >= 15 is 0 Å². The van der Waals surface area contributed by atoms with Crippen LogP contribution in [-0.4, -0.2) is 29.0 Å². The second-order valence-corrected chi connectivity index (χ2v) is 7.59. The fourth-order valence-electron chi connectivity index (χ4n) is 2.48. The normalized spacial score (nSPS) is 19.2. The van der Waals surface area contributed by atoms with Gasteiger partial charge in [0.05, 0.1) is 13.1 Å². The fraction of sp³-hybridized carbons (Fsp3) is 0.923. The molecule has 2 N–H and O–H groups in total. The Morgan fingerprint density at radius 3 is 2.37 bits per heavy atom. The standard InChI is InChI=1S/C13H23Cl3N2O/c1-2-3-5-8-11(19)17-12(13(14,15)16)18-9-6-4-7-10-18/h12H,2-10H2,1H3,(H,17,19)/p+1/t12-/m0/s1. The monoisotopic (exact) mass is 329 g/mol. The van der Waals surface area contributed by atoms with Crippen LogP contribution in [0, 0.1) is 0 Å². The highest BCUT2D eigenvalue weighted by Gasteiger charge is 2.42. The molecule has 1 aliphatic rings. The minimum absolute atomic E-state index is 0.0113. The van der Waals surface area contributed by atoms with Crippen molar-refractivity contribution in [2.75, 3.05) is 13.1 Å². The van der Waals surface area contributed by atoms with E-state index in [-0.39, 0.29) is 5.91 Å². The maximum atomic E-state index is 11.9. The van der Waals surface area contributed by atoms with Gasteiger partial charge in [-0.1, -0.05) is 54.6 Å². The molecule has 19 heavy (non-hydrogen) atoms. The van der Waals surface area contributed by atoms with E-state index in [4.69, 9.17) is 34.8 Å². The van der Waals surface area contributed by atoms with Gasteiger partial charge in [0.25, 0.3) is 3.79 Å². The molecule has 1 heterocycles. The molecule has 6 heteroatoms. The summed E-state index contributed by atoms with van der Waals surface area (Å²) in [4.78, 5) is 13.1. The average Bonchev–Trinajstić information content (AvgIpc) is 2.36. The van der Waals surface area contributed by atoms with Gasteiger partial charge in [-0.2, -0.15) is 0 Å². The third kappa shape index (κ3) is 6.52. The number of rotatable bonds is 6. The summed E-state index contributed by atoms with van der Waals surface area (Å²) in [6.07, 6.45) is 6.59. The van der Waals surface area contributed by atoms with E-state index in [2.05, 4.69) is 12.2 Å². The van der Waals surface area contributed by atoms with Gasteiger partial charge in [0.1, 0.15) is 0 Å². The van der Waals surface area contributed by atoms with Crippen LogP contribution in [0.3, 0.4) is 0 Å². The molecule has 3 nitrogen and oxygen atoms in total. The molecule has 0 aromatic heterocycles. The molecule has 1 rings (SSSR count). The molecule has 1 saturated heterocycles. The third-order valence-electron chi connectivity index (χ3n) is 3.54. The predicted molar refractivity (Wildman–Crippen MR) is 80.9 cm³/mol. The molecule has 0 saturated carbocycles. The number of halogens is 3. The Balaban J connectivity index is 2.52. The van der Waals surface area contributed by atoms with E-state index in [1.54, 1.807) is 0 Å². The Morgan fingerprint density at radius 2 is 1.84 bits per heavy atom. The molecule has 0 aromatic carbocycles. The summed E-state index contributed by atoms with van der Waals surface area (Å²) < 4.78 is -1.45. The highest BCUT2D eigenvalue weighted by Crippen LogP contribution is 2.28. The predicted octanol–water partition coefficient (Wildman–Crippen LogP) is 2.45. The summed E-state index contributed by atoms with van der Waals surface area (Å²) in [5.41, 5.74) is 0. The minimum atomic E-state index is -1.45. The van der Waals surface area contributed by atoms with E-state index in [1.165, 1.54) is 11.3 Å². The fourth-order valence-corrected chi connectivity index (χ4v) is 3.11. The second kappa shape index (κ2) is 8.56. The Bertz CT molecular complexity index is 276. The first-order valence-electron chi connectivity index (χ1n) is 7.15. The van der Waals surface area contributed by atoms with E-state index < -0.39 is 9.96 Å². The first-order chi connectivity index (χ1) is 8.95. The Hall–Kier alpha value is 0.300. The number of hydrogen-bond donors (Lipinski definition) is 2. The number of amides is 1. The van der Waals surface area contributed by atoms with Crippen LogP contribution in [0.25, 0.3) is 0 Å². The van der Waals surface area contributed by atoms with E-state index in [1.807, 2.05) is 0 Å². The molecule has 0 unspecified atom stereocenters. The quantitative estimate of drug-likeness (QED) is 0.569. The highest BCUT2D eigenvalue weighted by molar-refractivity contribution is 6.68. The molecule has 1 fully saturated rings. The van der Waals surface area contributed by atoms with Crippen molar-refractivity contribution < 1.29 is 9.69 Å². The number of hydrogen-bond acceptors (Lipinski definition) is 1. The van der Waals surface area contributed by atoms with Crippen molar-refractivity contribution in [1.82, 2.24) is 5.32 Å². The smallest absolute Gasteiger partial charge is 0.262 e. The van der Waals surface area contributed by atoms with Gasteiger partial charge < -0.3 is 10.2 Å². The number of unbranched alkanes of at least 4 members (excludes halogenated alkanes) is 2. The molecule has 0 radical (unpaired) electrons. The van der Waals surface area contributed by atoms with E-state index in [0.29, 0.717) is 6.42 Å². The maximum Gasteiger partial charge on any atom is 0.262 e. The zero-order chi connectivity index (χ0) is 14.3. The van der Waals surface area contributed by atoms with E-state index in [0.717, 1.165) is 45.2 Å². The van der Waals surface area contributed by atoms with Crippen LogP contribution in [-0.2, 0) is 4.79 Å². The van der Waals surface area contributed by atoms with Crippen LogP contribution in [0.1, 0.15) is 51.9 Å². The molecule has 0 aromatic rings. The summed E-state index contributed by atoms with van der Waals surface area (Å²) in [6, 6.07) is 0. The number of piperidine rings is 1. The topological polar surface area (TPSA) is 33.5 Å². The largest absolute Gasteiger partial charge is 0.312 e. The van der Waals surface area contributed by atoms with Crippen molar-refractivity contribution >= 4 is 40.7 Å². The maximum absolute atomic E-state index is 11.9. The van der Waals surface area contributed by atoms with Gasteiger partial charge in [0.2, 0.25) is 12.1 Å². The van der Waals surface area contributed by atoms with Crippen LogP contribution in [0.15, 0.2) is 0 Å². The summed E-state index contributed by atoms with van der Waals surface area (Å²) in [5, 5.41) is 2.91. The number of likely N-dealkylation sites (tertiary alicyclic amines) is 1. The zero-order valence-electron chi connectivity index (χ0n) is 11.5. The lowest BCUT2D eigenvalue weighted by Gasteiger charge is -2.35. The first-order valence-corrected chi connectivity index (χ1v) is 8.29. The summed E-state index contributed by atoms with van der Waals surface area (Å²) in [6.45, 7) is 4.02. The summed E-state index contributed by atoms with van der Waals surface area (Å²) >= 11 is 18.1. The third-order valence-corrected chi connectivity index (χ3v) is 4.20. The van der Waals surface area contributed by atoms with Gasteiger partial charge in [-0.05, 0) is 25.7 Å². The van der Waals surface area contributed by atoms with Crippen LogP contribution in [0.5, 0.6) is 0 Å². The van der Waals surface area contributed by atoms with Crippen LogP contribution >= 0.6 is 34.8 Å². The summed E-state index contributed by atoms with van der Waals surface area (Å²) in [5.74, 6) is -0.0113. The lowest BCUT2D eigenvalue weighted by molar-refractivity contribution is -0.931. The first kappa shape index (κ1) is 17.4. The second-order valence-electron chi connectivity index (χ2n) is 5.22. The zero-order valence-corrected chi connectivity index (χ0v) is 13.8. The molecular weight excluding hydrogens is 307 g/mol. The number of carbonyl (C=O) groups excluding carboxylic acids is 1. The summed E-state index contributed by atoms with van der Waals surface area (Å²) in [7, 11) is 0.